The second-order valence-electron chi connectivity index (χ2n) is 8.49. The van der Waals surface area contributed by atoms with Gasteiger partial charge in [-0.1, -0.05) is 32.9 Å². The molecule has 3 rings (SSSR count). The van der Waals surface area contributed by atoms with Crippen LogP contribution in [0.1, 0.15) is 39.7 Å². The van der Waals surface area contributed by atoms with E-state index in [1.165, 1.54) is 6.33 Å². The van der Waals surface area contributed by atoms with Gasteiger partial charge in [-0.25, -0.2) is 15.0 Å². The number of anilines is 1. The second kappa shape index (κ2) is 6.53. The summed E-state index contributed by atoms with van der Waals surface area (Å²) in [5.74, 6) is 0.946. The summed E-state index contributed by atoms with van der Waals surface area (Å²) < 4.78 is 8.54. The molecule has 0 aromatic carbocycles. The highest BCUT2D eigenvalue weighted by Gasteiger charge is 2.37. The summed E-state index contributed by atoms with van der Waals surface area (Å²) in [6, 6.07) is 0.237. The fourth-order valence-electron chi connectivity index (χ4n) is 2.94. The van der Waals surface area contributed by atoms with Crippen molar-refractivity contribution >= 4 is 25.3 Å². The minimum absolute atomic E-state index is 0.237. The van der Waals surface area contributed by atoms with E-state index >= 15 is 0 Å². The quantitative estimate of drug-likeness (QED) is 0.661. The molecule has 0 radical (unpaired) electrons. The van der Waals surface area contributed by atoms with Crippen LogP contribution in [0.4, 0.5) is 5.82 Å². The number of nitrogens with two attached hydrogens (primary N) is 1. The van der Waals surface area contributed by atoms with Gasteiger partial charge in [0.2, 0.25) is 0 Å². The summed E-state index contributed by atoms with van der Waals surface area (Å²) >= 11 is 0. The monoisotopic (exact) mass is 359 g/mol. The zero-order chi connectivity index (χ0) is 18.2. The van der Waals surface area contributed by atoms with Crippen LogP contribution in [0, 0.1) is 5.92 Å². The number of hydrogen-bond acceptors (Lipinski definition) is 5. The molecule has 6 nitrogen and oxygen atoms in total. The predicted molar refractivity (Wildman–Crippen MR) is 104 cm³/mol. The van der Waals surface area contributed by atoms with Gasteiger partial charge in [-0.3, -0.25) is 0 Å². The van der Waals surface area contributed by atoms with E-state index in [9.17, 15) is 0 Å². The highest BCUT2D eigenvalue weighted by atomic mass is 28.4. The smallest absolute Gasteiger partial charge is 0.191 e. The molecule has 2 aromatic rings. The Morgan fingerprint density at radius 3 is 2.76 bits per heavy atom. The van der Waals surface area contributed by atoms with E-state index in [1.807, 2.05) is 6.33 Å². The molecule has 136 valence electrons. The molecule has 2 atom stereocenters. The Morgan fingerprint density at radius 1 is 1.28 bits per heavy atom. The van der Waals surface area contributed by atoms with Gasteiger partial charge in [0.1, 0.15) is 11.8 Å². The van der Waals surface area contributed by atoms with Crippen molar-refractivity contribution in [3.05, 3.63) is 24.8 Å². The number of nitrogen functional groups attached to an aromatic ring is 1. The minimum atomic E-state index is -1.71. The topological polar surface area (TPSA) is 78.9 Å². The van der Waals surface area contributed by atoms with Crippen molar-refractivity contribution in [2.45, 2.75) is 57.8 Å². The van der Waals surface area contributed by atoms with Crippen molar-refractivity contribution in [1.29, 1.82) is 0 Å². The third-order valence-corrected chi connectivity index (χ3v) is 10.1. The Labute approximate surface area is 150 Å². The summed E-state index contributed by atoms with van der Waals surface area (Å²) in [5.41, 5.74) is 7.38. The summed E-state index contributed by atoms with van der Waals surface area (Å²) in [7, 11) is -1.71. The summed E-state index contributed by atoms with van der Waals surface area (Å²) in [6.07, 6.45) is 9.91. The van der Waals surface area contributed by atoms with Crippen LogP contribution in [-0.2, 0) is 4.43 Å². The van der Waals surface area contributed by atoms with Crippen LogP contribution in [0.25, 0.3) is 11.2 Å². The lowest BCUT2D eigenvalue weighted by atomic mass is 9.91. The Balaban J connectivity index is 1.72. The normalized spacial score (nSPS) is 21.8. The van der Waals surface area contributed by atoms with Crippen molar-refractivity contribution in [1.82, 2.24) is 19.5 Å². The number of hydrogen-bond donors (Lipinski definition) is 1. The lowest BCUT2D eigenvalue weighted by molar-refractivity contribution is 0.207. The molecule has 0 unspecified atom stereocenters. The van der Waals surface area contributed by atoms with Gasteiger partial charge in [0.25, 0.3) is 0 Å². The number of fused-ring (bicyclic) bond motifs is 1. The molecule has 2 heterocycles. The predicted octanol–water partition coefficient (Wildman–Crippen LogP) is 3.94. The molecule has 0 amide bonds. The number of imidazole rings is 1. The number of aromatic nitrogens is 4. The van der Waals surface area contributed by atoms with Crippen LogP contribution < -0.4 is 5.73 Å². The Morgan fingerprint density at radius 2 is 2.04 bits per heavy atom. The molecule has 0 fully saturated rings. The summed E-state index contributed by atoms with van der Waals surface area (Å²) in [6.45, 7) is 12.3. The molecular weight excluding hydrogens is 330 g/mol. The van der Waals surface area contributed by atoms with E-state index in [4.69, 9.17) is 10.2 Å². The van der Waals surface area contributed by atoms with Gasteiger partial charge in [-0.15, -0.1) is 0 Å². The number of nitrogens with zero attached hydrogens (tertiary/aromatic N) is 4. The van der Waals surface area contributed by atoms with Crippen LogP contribution in [0.5, 0.6) is 0 Å². The summed E-state index contributed by atoms with van der Waals surface area (Å²) in [5, 5.41) is 0.242. The molecular formula is C18H29N5OSi. The molecule has 0 bridgehead atoms. The fourth-order valence-corrected chi connectivity index (χ4v) is 4.03. The zero-order valence-corrected chi connectivity index (χ0v) is 16.9. The van der Waals surface area contributed by atoms with E-state index in [-0.39, 0.29) is 11.1 Å². The zero-order valence-electron chi connectivity index (χ0n) is 15.9. The first kappa shape index (κ1) is 18.1. The standard InChI is InChI=1S/C18H29N5OSi/c1-18(2,3)25(4,5)24-10-13-7-6-8-14(9-13)23-12-22-15-16(19)20-11-21-17(15)23/h6,8,11-14H,7,9-10H2,1-5H3,(H2,19,20,21)/t13-,14+/m0/s1. The van der Waals surface area contributed by atoms with Crippen molar-refractivity contribution in [3.8, 4) is 0 Å². The first-order valence-electron chi connectivity index (χ1n) is 8.92. The highest BCUT2D eigenvalue weighted by molar-refractivity contribution is 6.74. The van der Waals surface area contributed by atoms with Crippen LogP contribution >= 0.6 is 0 Å². The Kier molecular flexibility index (Phi) is 4.72. The van der Waals surface area contributed by atoms with Crippen LogP contribution in [-0.4, -0.2) is 34.4 Å². The number of rotatable bonds is 4. The van der Waals surface area contributed by atoms with Crippen LogP contribution in [0.3, 0.4) is 0 Å². The van der Waals surface area contributed by atoms with E-state index in [0.717, 1.165) is 25.1 Å². The SMILES string of the molecule is CC(C)(C)[Si](C)(C)OC[C@H]1CC=C[C@@H](n2cnc3c(N)ncnc32)C1. The van der Waals surface area contributed by atoms with Gasteiger partial charge in [-0.05, 0) is 36.9 Å². The maximum absolute atomic E-state index is 6.44. The lowest BCUT2D eigenvalue weighted by Gasteiger charge is -2.38. The first-order valence-corrected chi connectivity index (χ1v) is 11.8. The molecule has 0 aliphatic heterocycles. The van der Waals surface area contributed by atoms with Gasteiger partial charge >= 0.3 is 0 Å². The van der Waals surface area contributed by atoms with E-state index in [1.54, 1.807) is 0 Å². The van der Waals surface area contributed by atoms with Crippen LogP contribution in [0.2, 0.25) is 18.1 Å². The van der Waals surface area contributed by atoms with E-state index in [0.29, 0.717) is 17.3 Å². The molecule has 1 aliphatic carbocycles. The average molecular weight is 360 g/mol. The Bertz CT molecular complexity index is 777. The van der Waals surface area contributed by atoms with Crippen LogP contribution in [0.15, 0.2) is 24.8 Å². The summed E-state index contributed by atoms with van der Waals surface area (Å²) in [4.78, 5) is 12.8. The molecule has 7 heteroatoms. The van der Waals surface area contributed by atoms with Crippen molar-refractivity contribution in [3.63, 3.8) is 0 Å². The third-order valence-electron chi connectivity index (χ3n) is 5.63. The van der Waals surface area contributed by atoms with Gasteiger partial charge in [0, 0.05) is 6.61 Å². The van der Waals surface area contributed by atoms with Gasteiger partial charge in [-0.2, -0.15) is 0 Å². The molecule has 0 saturated heterocycles. The molecule has 2 aromatic heterocycles. The number of allylic oxidation sites excluding steroid dienone is 2. The maximum atomic E-state index is 6.44. The van der Waals surface area contributed by atoms with Gasteiger partial charge in [0.15, 0.2) is 19.8 Å². The largest absolute Gasteiger partial charge is 0.417 e. The fraction of sp³-hybridized carbons (Fsp3) is 0.611. The van der Waals surface area contributed by atoms with Crippen molar-refractivity contribution in [2.24, 2.45) is 5.92 Å². The highest BCUT2D eigenvalue weighted by Crippen LogP contribution is 2.38. The van der Waals surface area contributed by atoms with E-state index < -0.39 is 8.32 Å². The Hall–Kier alpha value is -1.73. The molecule has 0 spiro atoms. The van der Waals surface area contributed by atoms with Crippen molar-refractivity contribution < 1.29 is 4.43 Å². The molecule has 2 N–H and O–H groups in total. The first-order chi connectivity index (χ1) is 11.7. The van der Waals surface area contributed by atoms with Gasteiger partial charge < -0.3 is 14.7 Å². The third kappa shape index (κ3) is 3.62. The maximum Gasteiger partial charge on any atom is 0.191 e. The molecule has 25 heavy (non-hydrogen) atoms. The average Bonchev–Trinajstić information content (AvgIpc) is 2.98. The van der Waals surface area contributed by atoms with E-state index in [2.05, 4.69) is 65.5 Å². The second-order valence-corrected chi connectivity index (χ2v) is 13.3. The lowest BCUT2D eigenvalue weighted by Crippen LogP contribution is -2.42. The minimum Gasteiger partial charge on any atom is -0.417 e. The van der Waals surface area contributed by atoms with Gasteiger partial charge in [0.05, 0.1) is 12.4 Å². The van der Waals surface area contributed by atoms with Crippen molar-refractivity contribution in [2.75, 3.05) is 12.3 Å². The molecule has 1 aliphatic rings. The molecule has 0 saturated carbocycles.